The number of hydrogen-bond acceptors (Lipinski definition) is 4. The molecule has 1 fully saturated rings. The van der Waals surface area contributed by atoms with Crippen LogP contribution in [0.3, 0.4) is 0 Å². The number of rotatable bonds is 4. The molecule has 0 amide bonds. The molecule has 2 unspecified atom stereocenters. The van der Waals surface area contributed by atoms with Crippen molar-refractivity contribution in [1.29, 1.82) is 0 Å². The first-order chi connectivity index (χ1) is 9.49. The van der Waals surface area contributed by atoms with Crippen molar-refractivity contribution in [2.75, 3.05) is 0 Å². The number of aryl methyl sites for hydroxylation is 1. The van der Waals surface area contributed by atoms with Crippen molar-refractivity contribution >= 4 is 5.69 Å². The zero-order chi connectivity index (χ0) is 14.7. The SMILES string of the molecule is Cc1cnc(CNC2CCCC(C)C2)c(C)c1[N+](=O)[O-]. The van der Waals surface area contributed by atoms with Gasteiger partial charge >= 0.3 is 0 Å². The lowest BCUT2D eigenvalue weighted by Crippen LogP contribution is -2.33. The summed E-state index contributed by atoms with van der Waals surface area (Å²) in [5.41, 5.74) is 2.31. The van der Waals surface area contributed by atoms with Gasteiger partial charge in [-0.05, 0) is 32.6 Å². The highest BCUT2D eigenvalue weighted by Gasteiger charge is 2.21. The Morgan fingerprint density at radius 1 is 1.45 bits per heavy atom. The Bertz CT molecular complexity index is 502. The van der Waals surface area contributed by atoms with E-state index in [9.17, 15) is 10.1 Å². The van der Waals surface area contributed by atoms with Gasteiger partial charge in [-0.3, -0.25) is 15.1 Å². The molecule has 1 N–H and O–H groups in total. The van der Waals surface area contributed by atoms with E-state index in [0.717, 1.165) is 11.6 Å². The van der Waals surface area contributed by atoms with Crippen LogP contribution < -0.4 is 5.32 Å². The highest BCUT2D eigenvalue weighted by atomic mass is 16.6. The summed E-state index contributed by atoms with van der Waals surface area (Å²) in [5.74, 6) is 0.766. The van der Waals surface area contributed by atoms with Gasteiger partial charge in [-0.2, -0.15) is 0 Å². The maximum atomic E-state index is 11.1. The quantitative estimate of drug-likeness (QED) is 0.677. The van der Waals surface area contributed by atoms with Crippen LogP contribution in [0.1, 0.15) is 49.4 Å². The first-order valence-corrected chi connectivity index (χ1v) is 7.32. The highest BCUT2D eigenvalue weighted by Crippen LogP contribution is 2.26. The number of hydrogen-bond donors (Lipinski definition) is 1. The van der Waals surface area contributed by atoms with E-state index in [1.54, 1.807) is 20.0 Å². The normalized spacial score (nSPS) is 22.8. The molecular formula is C15H23N3O2. The second-order valence-electron chi connectivity index (χ2n) is 5.97. The summed E-state index contributed by atoms with van der Waals surface area (Å²) < 4.78 is 0. The summed E-state index contributed by atoms with van der Waals surface area (Å²) in [4.78, 5) is 15.2. The minimum absolute atomic E-state index is 0.203. The van der Waals surface area contributed by atoms with Crippen molar-refractivity contribution in [2.45, 2.75) is 59.0 Å². The molecule has 1 aromatic heterocycles. The molecule has 5 heteroatoms. The molecule has 0 spiro atoms. The van der Waals surface area contributed by atoms with Gasteiger partial charge < -0.3 is 5.32 Å². The first kappa shape index (κ1) is 14.9. The van der Waals surface area contributed by atoms with Gasteiger partial charge in [0.05, 0.1) is 10.6 Å². The van der Waals surface area contributed by atoms with Crippen molar-refractivity contribution < 1.29 is 4.92 Å². The Morgan fingerprint density at radius 3 is 2.85 bits per heavy atom. The van der Waals surface area contributed by atoms with E-state index >= 15 is 0 Å². The molecule has 0 bridgehead atoms. The van der Waals surface area contributed by atoms with Crippen LogP contribution in [0.15, 0.2) is 6.20 Å². The molecule has 2 atom stereocenters. The highest BCUT2D eigenvalue weighted by molar-refractivity contribution is 5.47. The van der Waals surface area contributed by atoms with E-state index in [2.05, 4.69) is 17.2 Å². The molecule has 1 aliphatic rings. The lowest BCUT2D eigenvalue weighted by molar-refractivity contribution is -0.386. The molecule has 110 valence electrons. The van der Waals surface area contributed by atoms with E-state index in [0.29, 0.717) is 23.7 Å². The zero-order valence-electron chi connectivity index (χ0n) is 12.5. The van der Waals surface area contributed by atoms with Gasteiger partial charge in [0, 0.05) is 29.9 Å². The summed E-state index contributed by atoms with van der Waals surface area (Å²) in [5, 5.41) is 14.6. The lowest BCUT2D eigenvalue weighted by Gasteiger charge is -2.27. The second kappa shape index (κ2) is 6.31. The van der Waals surface area contributed by atoms with Crippen molar-refractivity contribution in [3.05, 3.63) is 33.1 Å². The monoisotopic (exact) mass is 277 g/mol. The predicted molar refractivity (Wildman–Crippen MR) is 78.6 cm³/mol. The summed E-state index contributed by atoms with van der Waals surface area (Å²) >= 11 is 0. The topological polar surface area (TPSA) is 68.1 Å². The van der Waals surface area contributed by atoms with Crippen LogP contribution in [0, 0.1) is 29.9 Å². The van der Waals surface area contributed by atoms with E-state index in [1.807, 2.05) is 0 Å². The second-order valence-corrected chi connectivity index (χ2v) is 5.97. The van der Waals surface area contributed by atoms with E-state index in [-0.39, 0.29) is 10.6 Å². The fraction of sp³-hybridized carbons (Fsp3) is 0.667. The Balaban J connectivity index is 2.06. The number of nitrogens with one attached hydrogen (secondary N) is 1. The van der Waals surface area contributed by atoms with Crippen molar-refractivity contribution in [2.24, 2.45) is 5.92 Å². The summed E-state index contributed by atoms with van der Waals surface area (Å²) in [7, 11) is 0. The molecule has 20 heavy (non-hydrogen) atoms. The third kappa shape index (κ3) is 3.33. The molecule has 1 aliphatic carbocycles. The van der Waals surface area contributed by atoms with Crippen LogP contribution in [0.25, 0.3) is 0 Å². The van der Waals surface area contributed by atoms with E-state index in [4.69, 9.17) is 0 Å². The first-order valence-electron chi connectivity index (χ1n) is 7.32. The van der Waals surface area contributed by atoms with Gasteiger partial charge in [0.2, 0.25) is 0 Å². The third-order valence-corrected chi connectivity index (χ3v) is 4.25. The van der Waals surface area contributed by atoms with Gasteiger partial charge in [0.1, 0.15) is 0 Å². The molecular weight excluding hydrogens is 254 g/mol. The minimum atomic E-state index is -0.307. The predicted octanol–water partition coefficient (Wildman–Crippen LogP) is 3.27. The van der Waals surface area contributed by atoms with Crippen molar-refractivity contribution in [3.63, 3.8) is 0 Å². The zero-order valence-corrected chi connectivity index (χ0v) is 12.5. The van der Waals surface area contributed by atoms with Crippen LogP contribution in [-0.2, 0) is 6.54 Å². The van der Waals surface area contributed by atoms with Crippen LogP contribution >= 0.6 is 0 Å². The number of aromatic nitrogens is 1. The number of pyridine rings is 1. The largest absolute Gasteiger partial charge is 0.308 e. The molecule has 0 aliphatic heterocycles. The maximum absolute atomic E-state index is 11.1. The molecule has 0 saturated heterocycles. The fourth-order valence-corrected chi connectivity index (χ4v) is 3.08. The van der Waals surface area contributed by atoms with Crippen molar-refractivity contribution in [1.82, 2.24) is 10.3 Å². The molecule has 2 rings (SSSR count). The van der Waals surface area contributed by atoms with Crippen LogP contribution in [0.5, 0.6) is 0 Å². The standard InChI is InChI=1S/C15H23N3O2/c1-10-5-4-6-13(7-10)16-9-14-12(3)15(18(19)20)11(2)8-17-14/h8,10,13,16H,4-7,9H2,1-3H3. The summed E-state index contributed by atoms with van der Waals surface area (Å²) in [6, 6.07) is 0.514. The van der Waals surface area contributed by atoms with Gasteiger partial charge in [0.25, 0.3) is 5.69 Å². The maximum Gasteiger partial charge on any atom is 0.278 e. The molecule has 1 heterocycles. The Labute approximate surface area is 119 Å². The average Bonchev–Trinajstić information content (AvgIpc) is 2.37. The molecule has 1 saturated carbocycles. The van der Waals surface area contributed by atoms with Gasteiger partial charge in [-0.1, -0.05) is 19.8 Å². The lowest BCUT2D eigenvalue weighted by atomic mass is 9.87. The van der Waals surface area contributed by atoms with Crippen LogP contribution in [-0.4, -0.2) is 15.9 Å². The van der Waals surface area contributed by atoms with Gasteiger partial charge in [0.15, 0.2) is 0 Å². The molecule has 5 nitrogen and oxygen atoms in total. The molecule has 0 aromatic carbocycles. The van der Waals surface area contributed by atoms with Gasteiger partial charge in [-0.15, -0.1) is 0 Å². The fourth-order valence-electron chi connectivity index (χ4n) is 3.08. The van der Waals surface area contributed by atoms with Crippen LogP contribution in [0.2, 0.25) is 0 Å². The third-order valence-electron chi connectivity index (χ3n) is 4.25. The Morgan fingerprint density at radius 2 is 2.20 bits per heavy atom. The smallest absolute Gasteiger partial charge is 0.278 e. The Kier molecular flexibility index (Phi) is 4.70. The molecule has 1 aromatic rings. The summed E-state index contributed by atoms with van der Waals surface area (Å²) in [6.07, 6.45) is 6.56. The molecule has 0 radical (unpaired) electrons. The van der Waals surface area contributed by atoms with E-state index in [1.165, 1.54) is 25.7 Å². The minimum Gasteiger partial charge on any atom is -0.308 e. The Hall–Kier alpha value is -1.49. The number of nitrogens with zero attached hydrogens (tertiary/aromatic N) is 2. The van der Waals surface area contributed by atoms with Crippen molar-refractivity contribution in [3.8, 4) is 0 Å². The van der Waals surface area contributed by atoms with Crippen LogP contribution in [0.4, 0.5) is 5.69 Å². The summed E-state index contributed by atoms with van der Waals surface area (Å²) in [6.45, 7) is 6.43. The number of nitro groups is 1. The van der Waals surface area contributed by atoms with E-state index < -0.39 is 0 Å². The van der Waals surface area contributed by atoms with Gasteiger partial charge in [-0.25, -0.2) is 0 Å². The average molecular weight is 277 g/mol.